The molecule has 0 bridgehead atoms. The van der Waals surface area contributed by atoms with E-state index < -0.39 is 0 Å². The van der Waals surface area contributed by atoms with E-state index in [1.54, 1.807) is 0 Å². The first kappa shape index (κ1) is 10.6. The molecule has 1 aromatic rings. The lowest BCUT2D eigenvalue weighted by Gasteiger charge is -2.08. The lowest BCUT2D eigenvalue weighted by Crippen LogP contribution is -2.18. The van der Waals surface area contributed by atoms with E-state index in [1.807, 2.05) is 4.68 Å². The van der Waals surface area contributed by atoms with Crippen LogP contribution in [0.2, 0.25) is 0 Å². The average molecular weight is 209 g/mol. The van der Waals surface area contributed by atoms with Crippen LogP contribution in [0.4, 0.5) is 0 Å². The molecule has 1 atom stereocenters. The Hall–Kier alpha value is -0.940. The standard InChI is InChI=1S/C10H19N5/c1-14(2)6-7-15-8-10(12-13-15)9-4-3-5-11-9/h8-9,11H,3-7H2,1-2H3. The Morgan fingerprint density at radius 1 is 1.60 bits per heavy atom. The maximum Gasteiger partial charge on any atom is 0.0996 e. The Bertz CT molecular complexity index is 301. The second kappa shape index (κ2) is 4.72. The number of nitrogens with zero attached hydrogens (tertiary/aromatic N) is 4. The van der Waals surface area contributed by atoms with Gasteiger partial charge in [0.15, 0.2) is 0 Å². The Morgan fingerprint density at radius 2 is 2.47 bits per heavy atom. The van der Waals surface area contributed by atoms with Crippen LogP contribution in [0.15, 0.2) is 6.20 Å². The average Bonchev–Trinajstić information content (AvgIpc) is 2.85. The fourth-order valence-corrected chi connectivity index (χ4v) is 1.82. The van der Waals surface area contributed by atoms with Gasteiger partial charge in [-0.1, -0.05) is 5.21 Å². The summed E-state index contributed by atoms with van der Waals surface area (Å²) >= 11 is 0. The van der Waals surface area contributed by atoms with Gasteiger partial charge in [-0.25, -0.2) is 0 Å². The summed E-state index contributed by atoms with van der Waals surface area (Å²) in [5.74, 6) is 0. The number of nitrogens with one attached hydrogen (secondary N) is 1. The minimum atomic E-state index is 0.429. The predicted octanol–water partition coefficient (Wildman–Crippen LogP) is 0.264. The van der Waals surface area contributed by atoms with Crippen molar-refractivity contribution in [2.45, 2.75) is 25.4 Å². The van der Waals surface area contributed by atoms with Gasteiger partial charge < -0.3 is 10.2 Å². The van der Waals surface area contributed by atoms with Crippen molar-refractivity contribution in [2.75, 3.05) is 27.2 Å². The summed E-state index contributed by atoms with van der Waals surface area (Å²) in [5.41, 5.74) is 1.09. The lowest BCUT2D eigenvalue weighted by molar-refractivity contribution is 0.370. The summed E-state index contributed by atoms with van der Waals surface area (Å²) in [6.45, 7) is 3.02. The molecule has 0 aromatic carbocycles. The van der Waals surface area contributed by atoms with Gasteiger partial charge in [0, 0.05) is 6.54 Å². The summed E-state index contributed by atoms with van der Waals surface area (Å²) in [6.07, 6.45) is 4.49. The normalized spacial score (nSPS) is 21.4. The van der Waals surface area contributed by atoms with Crippen LogP contribution in [0.3, 0.4) is 0 Å². The van der Waals surface area contributed by atoms with Crippen molar-refractivity contribution in [1.82, 2.24) is 25.2 Å². The van der Waals surface area contributed by atoms with E-state index in [-0.39, 0.29) is 0 Å². The van der Waals surface area contributed by atoms with Gasteiger partial charge in [-0.05, 0) is 33.5 Å². The van der Waals surface area contributed by atoms with Gasteiger partial charge in [0.1, 0.15) is 0 Å². The molecular formula is C10H19N5. The molecule has 0 aliphatic carbocycles. The molecule has 1 N–H and O–H groups in total. The van der Waals surface area contributed by atoms with E-state index in [0.29, 0.717) is 6.04 Å². The number of hydrogen-bond donors (Lipinski definition) is 1. The highest BCUT2D eigenvalue weighted by Crippen LogP contribution is 2.20. The molecule has 0 radical (unpaired) electrons. The molecule has 1 aliphatic heterocycles. The van der Waals surface area contributed by atoms with Crippen molar-refractivity contribution in [1.29, 1.82) is 0 Å². The van der Waals surface area contributed by atoms with Gasteiger partial charge >= 0.3 is 0 Å². The Labute approximate surface area is 90.5 Å². The van der Waals surface area contributed by atoms with Crippen molar-refractivity contribution < 1.29 is 0 Å². The van der Waals surface area contributed by atoms with E-state index in [0.717, 1.165) is 25.3 Å². The minimum Gasteiger partial charge on any atom is -0.309 e. The second-order valence-electron chi connectivity index (χ2n) is 4.36. The molecule has 2 heterocycles. The summed E-state index contributed by atoms with van der Waals surface area (Å²) < 4.78 is 1.93. The van der Waals surface area contributed by atoms with Gasteiger partial charge in [-0.3, -0.25) is 4.68 Å². The van der Waals surface area contributed by atoms with Crippen molar-refractivity contribution in [2.24, 2.45) is 0 Å². The molecule has 84 valence electrons. The molecule has 0 amide bonds. The highest BCUT2D eigenvalue weighted by molar-refractivity contribution is 5.02. The smallest absolute Gasteiger partial charge is 0.0996 e. The molecule has 5 nitrogen and oxygen atoms in total. The van der Waals surface area contributed by atoms with E-state index in [1.165, 1.54) is 12.8 Å². The highest BCUT2D eigenvalue weighted by atomic mass is 15.4. The Morgan fingerprint density at radius 3 is 3.13 bits per heavy atom. The van der Waals surface area contributed by atoms with E-state index in [4.69, 9.17) is 0 Å². The molecule has 1 unspecified atom stereocenters. The fraction of sp³-hybridized carbons (Fsp3) is 0.800. The number of hydrogen-bond acceptors (Lipinski definition) is 4. The summed E-state index contributed by atoms with van der Waals surface area (Å²) in [6, 6.07) is 0.429. The molecule has 5 heteroatoms. The van der Waals surface area contributed by atoms with E-state index in [2.05, 4.69) is 40.8 Å². The van der Waals surface area contributed by atoms with Crippen LogP contribution < -0.4 is 5.32 Å². The molecule has 1 saturated heterocycles. The lowest BCUT2D eigenvalue weighted by atomic mass is 10.2. The third-order valence-corrected chi connectivity index (χ3v) is 2.75. The third kappa shape index (κ3) is 2.76. The minimum absolute atomic E-state index is 0.429. The van der Waals surface area contributed by atoms with Gasteiger partial charge in [0.05, 0.1) is 24.5 Å². The largest absolute Gasteiger partial charge is 0.309 e. The molecule has 0 spiro atoms. The zero-order chi connectivity index (χ0) is 10.7. The number of aromatic nitrogens is 3. The van der Waals surface area contributed by atoms with E-state index >= 15 is 0 Å². The number of rotatable bonds is 4. The summed E-state index contributed by atoms with van der Waals surface area (Å²) in [7, 11) is 4.13. The topological polar surface area (TPSA) is 46.0 Å². The highest BCUT2D eigenvalue weighted by Gasteiger charge is 2.18. The van der Waals surface area contributed by atoms with Crippen LogP contribution in [-0.4, -0.2) is 47.1 Å². The van der Waals surface area contributed by atoms with Crippen LogP contribution >= 0.6 is 0 Å². The van der Waals surface area contributed by atoms with Gasteiger partial charge in [-0.2, -0.15) is 0 Å². The van der Waals surface area contributed by atoms with Crippen LogP contribution in [-0.2, 0) is 6.54 Å². The van der Waals surface area contributed by atoms with Gasteiger partial charge in [-0.15, -0.1) is 5.10 Å². The Kier molecular flexibility index (Phi) is 3.33. The number of likely N-dealkylation sites (N-methyl/N-ethyl adjacent to an activating group) is 1. The molecular weight excluding hydrogens is 190 g/mol. The van der Waals surface area contributed by atoms with Gasteiger partial charge in [0.2, 0.25) is 0 Å². The second-order valence-corrected chi connectivity index (χ2v) is 4.36. The van der Waals surface area contributed by atoms with Crippen molar-refractivity contribution in [3.63, 3.8) is 0 Å². The van der Waals surface area contributed by atoms with Crippen LogP contribution in [0.25, 0.3) is 0 Å². The maximum absolute atomic E-state index is 4.21. The van der Waals surface area contributed by atoms with Crippen LogP contribution in [0.5, 0.6) is 0 Å². The molecule has 2 rings (SSSR count). The van der Waals surface area contributed by atoms with E-state index in [9.17, 15) is 0 Å². The molecule has 0 saturated carbocycles. The quantitative estimate of drug-likeness (QED) is 0.773. The molecule has 1 aliphatic rings. The van der Waals surface area contributed by atoms with Crippen molar-refractivity contribution in [3.8, 4) is 0 Å². The van der Waals surface area contributed by atoms with Crippen molar-refractivity contribution >= 4 is 0 Å². The zero-order valence-electron chi connectivity index (χ0n) is 9.48. The summed E-state index contributed by atoms with van der Waals surface area (Å²) in [4.78, 5) is 2.15. The molecule has 1 fully saturated rings. The van der Waals surface area contributed by atoms with Gasteiger partial charge in [0.25, 0.3) is 0 Å². The predicted molar refractivity (Wildman–Crippen MR) is 58.6 cm³/mol. The van der Waals surface area contributed by atoms with Crippen molar-refractivity contribution in [3.05, 3.63) is 11.9 Å². The van der Waals surface area contributed by atoms with Crippen LogP contribution in [0.1, 0.15) is 24.6 Å². The first-order chi connectivity index (χ1) is 7.25. The molecule has 1 aromatic heterocycles. The first-order valence-electron chi connectivity index (χ1n) is 5.54. The zero-order valence-corrected chi connectivity index (χ0v) is 9.48. The third-order valence-electron chi connectivity index (χ3n) is 2.75. The molecule has 15 heavy (non-hydrogen) atoms. The SMILES string of the molecule is CN(C)CCn1cc(C2CCCN2)nn1. The Balaban J connectivity index is 1.91. The summed E-state index contributed by atoms with van der Waals surface area (Å²) in [5, 5.41) is 11.8. The first-order valence-corrected chi connectivity index (χ1v) is 5.54. The monoisotopic (exact) mass is 209 g/mol. The maximum atomic E-state index is 4.21. The van der Waals surface area contributed by atoms with Crippen LogP contribution in [0, 0.1) is 0 Å². The fourth-order valence-electron chi connectivity index (χ4n) is 1.82.